The monoisotopic (exact) mass is 513 g/mol. The normalized spacial score (nSPS) is 17.2. The van der Waals surface area contributed by atoms with E-state index in [1.54, 1.807) is 19.1 Å². The summed E-state index contributed by atoms with van der Waals surface area (Å²) in [5.74, 6) is 0.936. The highest BCUT2D eigenvalue weighted by Crippen LogP contribution is 2.54. The minimum absolute atomic E-state index is 0.0319. The lowest BCUT2D eigenvalue weighted by molar-refractivity contribution is 0.102. The van der Waals surface area contributed by atoms with Gasteiger partial charge in [0.2, 0.25) is 0 Å². The van der Waals surface area contributed by atoms with Gasteiger partial charge in [-0.25, -0.2) is 4.98 Å². The average Bonchev–Trinajstić information content (AvgIpc) is 3.61. The van der Waals surface area contributed by atoms with Gasteiger partial charge >= 0.3 is 0 Å². The zero-order valence-corrected chi connectivity index (χ0v) is 22.5. The van der Waals surface area contributed by atoms with Crippen molar-refractivity contribution in [2.45, 2.75) is 69.4 Å². The second kappa shape index (κ2) is 10.6. The molecule has 1 aromatic carbocycles. The van der Waals surface area contributed by atoms with E-state index < -0.39 is 5.54 Å². The van der Waals surface area contributed by atoms with E-state index in [1.807, 2.05) is 24.3 Å². The van der Waals surface area contributed by atoms with E-state index in [4.69, 9.17) is 4.98 Å². The molecule has 1 aromatic heterocycles. The van der Waals surface area contributed by atoms with Crippen LogP contribution in [0.3, 0.4) is 0 Å². The molecule has 0 unspecified atom stereocenters. The van der Waals surface area contributed by atoms with Crippen molar-refractivity contribution in [3.8, 4) is 0 Å². The number of piperidine rings is 1. The van der Waals surface area contributed by atoms with Crippen LogP contribution in [0.5, 0.6) is 0 Å². The molecule has 1 spiro atoms. The number of pyridine rings is 1. The molecule has 0 atom stereocenters. The van der Waals surface area contributed by atoms with Crippen molar-refractivity contribution in [2.24, 2.45) is 5.41 Å². The van der Waals surface area contributed by atoms with Gasteiger partial charge in [0.05, 0.1) is 24.3 Å². The molecule has 1 aliphatic carbocycles. The molecule has 0 radical (unpaired) electrons. The van der Waals surface area contributed by atoms with E-state index in [0.717, 1.165) is 36.5 Å². The molecule has 5 N–H and O–H groups in total. The molecular formula is C27H39N5O3S. The Hall–Kier alpha value is -2.33. The zero-order chi connectivity index (χ0) is 26.0. The van der Waals surface area contributed by atoms with Crippen molar-refractivity contribution in [1.29, 1.82) is 0 Å². The van der Waals surface area contributed by atoms with E-state index in [2.05, 4.69) is 41.0 Å². The van der Waals surface area contributed by atoms with Crippen LogP contribution >= 0.6 is 11.9 Å². The Balaban J connectivity index is 1.56. The number of nitrogens with zero attached hydrogens (tertiary/aromatic N) is 2. The van der Waals surface area contributed by atoms with Crippen molar-refractivity contribution in [1.82, 2.24) is 9.71 Å². The Labute approximate surface area is 218 Å². The molecule has 0 bridgehead atoms. The Bertz CT molecular complexity index is 1070. The number of aliphatic hydroxyl groups is 2. The third-order valence-corrected chi connectivity index (χ3v) is 8.10. The SMILES string of the molecule is CC(C)(C)NSc1cccc(NC(=O)c2ccc(NC(C)(CO)CO)nc2N2CCC3(CC2)CC3)c1. The maximum atomic E-state index is 13.5. The summed E-state index contributed by atoms with van der Waals surface area (Å²) in [6.07, 6.45) is 4.82. The molecule has 9 heteroatoms. The summed E-state index contributed by atoms with van der Waals surface area (Å²) in [5, 5.41) is 25.6. The fraction of sp³-hybridized carbons (Fsp3) is 0.556. The van der Waals surface area contributed by atoms with Crippen LogP contribution in [-0.4, -0.2) is 58.5 Å². The van der Waals surface area contributed by atoms with E-state index in [1.165, 1.54) is 24.8 Å². The third kappa shape index (κ3) is 6.70. The van der Waals surface area contributed by atoms with Crippen molar-refractivity contribution >= 4 is 35.2 Å². The largest absolute Gasteiger partial charge is 0.394 e. The summed E-state index contributed by atoms with van der Waals surface area (Å²) < 4.78 is 3.39. The standard InChI is InChI=1S/C27H39N5O3S/c1-25(2,3)31-36-20-7-5-6-19(16-20)28-24(35)21-8-9-22(30-26(4,17-33)18-34)29-23(21)32-14-12-27(10-11-27)13-15-32/h5-9,16,31,33-34H,10-15,17-18H2,1-4H3,(H,28,35)(H,29,30). The molecular weight excluding hydrogens is 474 g/mol. The van der Waals surface area contributed by atoms with Gasteiger partial charge in [0.25, 0.3) is 5.91 Å². The smallest absolute Gasteiger partial charge is 0.259 e. The summed E-state index contributed by atoms with van der Waals surface area (Å²) in [4.78, 5) is 21.5. The average molecular weight is 514 g/mol. The van der Waals surface area contributed by atoms with Gasteiger partial charge in [0.1, 0.15) is 11.6 Å². The lowest BCUT2D eigenvalue weighted by Crippen LogP contribution is -2.43. The van der Waals surface area contributed by atoms with Crippen LogP contribution in [0, 0.1) is 5.41 Å². The minimum Gasteiger partial charge on any atom is -0.394 e. The van der Waals surface area contributed by atoms with Gasteiger partial charge in [-0.1, -0.05) is 6.07 Å². The van der Waals surface area contributed by atoms with Crippen LogP contribution in [0.2, 0.25) is 0 Å². The Morgan fingerprint density at radius 3 is 2.36 bits per heavy atom. The van der Waals surface area contributed by atoms with Crippen molar-refractivity contribution in [3.05, 3.63) is 42.0 Å². The maximum absolute atomic E-state index is 13.5. The number of hydrogen-bond donors (Lipinski definition) is 5. The Morgan fingerprint density at radius 2 is 1.75 bits per heavy atom. The number of rotatable bonds is 9. The molecule has 1 saturated heterocycles. The van der Waals surface area contributed by atoms with Crippen molar-refractivity contribution in [2.75, 3.05) is 41.8 Å². The number of hydrogen-bond acceptors (Lipinski definition) is 8. The molecule has 1 amide bonds. The van der Waals surface area contributed by atoms with Crippen LogP contribution < -0.4 is 20.3 Å². The van der Waals surface area contributed by atoms with Crippen LogP contribution in [0.25, 0.3) is 0 Å². The van der Waals surface area contributed by atoms with E-state index in [0.29, 0.717) is 22.6 Å². The number of aromatic nitrogens is 1. The summed E-state index contributed by atoms with van der Waals surface area (Å²) in [6.45, 7) is 9.28. The van der Waals surface area contributed by atoms with Crippen LogP contribution in [0.4, 0.5) is 17.3 Å². The summed E-state index contributed by atoms with van der Waals surface area (Å²) in [7, 11) is 0. The number of aliphatic hydroxyl groups excluding tert-OH is 2. The molecule has 2 heterocycles. The van der Waals surface area contributed by atoms with E-state index in [-0.39, 0.29) is 24.7 Å². The highest BCUT2D eigenvalue weighted by molar-refractivity contribution is 7.97. The number of benzene rings is 1. The molecule has 2 fully saturated rings. The predicted octanol–water partition coefficient (Wildman–Crippen LogP) is 4.26. The zero-order valence-electron chi connectivity index (χ0n) is 21.7. The summed E-state index contributed by atoms with van der Waals surface area (Å²) >= 11 is 1.54. The molecule has 2 aromatic rings. The fourth-order valence-electron chi connectivity index (χ4n) is 4.29. The van der Waals surface area contributed by atoms with Crippen molar-refractivity contribution < 1.29 is 15.0 Å². The fourth-order valence-corrected chi connectivity index (χ4v) is 5.05. The van der Waals surface area contributed by atoms with Gasteiger partial charge in [0.15, 0.2) is 0 Å². The summed E-state index contributed by atoms with van der Waals surface area (Å²) in [5.41, 5.74) is 0.786. The molecule has 2 aliphatic rings. The van der Waals surface area contributed by atoms with E-state index >= 15 is 0 Å². The van der Waals surface area contributed by atoms with E-state index in [9.17, 15) is 15.0 Å². The van der Waals surface area contributed by atoms with Gasteiger partial charge in [-0.3, -0.25) is 9.52 Å². The first kappa shape index (κ1) is 26.7. The second-order valence-electron chi connectivity index (χ2n) is 11.5. The minimum atomic E-state index is -0.910. The number of nitrogens with one attached hydrogen (secondary N) is 3. The van der Waals surface area contributed by atoms with Gasteiger partial charge in [-0.2, -0.15) is 0 Å². The number of carbonyl (C=O) groups is 1. The maximum Gasteiger partial charge on any atom is 0.259 e. The summed E-state index contributed by atoms with van der Waals surface area (Å²) in [6, 6.07) is 11.3. The first-order valence-electron chi connectivity index (χ1n) is 12.7. The van der Waals surface area contributed by atoms with Crippen LogP contribution in [0.1, 0.15) is 63.7 Å². The number of carbonyl (C=O) groups excluding carboxylic acids is 1. The number of amides is 1. The van der Waals surface area contributed by atoms with Gasteiger partial charge in [-0.05, 0) is 101 Å². The molecule has 8 nitrogen and oxygen atoms in total. The third-order valence-electron chi connectivity index (χ3n) is 6.90. The molecule has 4 rings (SSSR count). The lowest BCUT2D eigenvalue weighted by atomic mass is 9.93. The highest BCUT2D eigenvalue weighted by Gasteiger charge is 2.45. The van der Waals surface area contributed by atoms with Crippen LogP contribution in [-0.2, 0) is 0 Å². The lowest BCUT2D eigenvalue weighted by Gasteiger charge is -2.34. The Kier molecular flexibility index (Phi) is 7.85. The topological polar surface area (TPSA) is 110 Å². The van der Waals surface area contributed by atoms with Crippen molar-refractivity contribution in [3.63, 3.8) is 0 Å². The van der Waals surface area contributed by atoms with Crippen LogP contribution in [0.15, 0.2) is 41.3 Å². The second-order valence-corrected chi connectivity index (χ2v) is 12.4. The van der Waals surface area contributed by atoms with Gasteiger partial charge in [0, 0.05) is 29.2 Å². The first-order valence-corrected chi connectivity index (χ1v) is 13.5. The van der Waals surface area contributed by atoms with Gasteiger partial charge in [-0.15, -0.1) is 0 Å². The molecule has 1 saturated carbocycles. The molecule has 36 heavy (non-hydrogen) atoms. The Morgan fingerprint density at radius 1 is 1.06 bits per heavy atom. The predicted molar refractivity (Wildman–Crippen MR) is 147 cm³/mol. The van der Waals surface area contributed by atoms with Gasteiger partial charge < -0.3 is 25.7 Å². The first-order chi connectivity index (χ1) is 17.0. The molecule has 196 valence electrons. The molecule has 1 aliphatic heterocycles. The quantitative estimate of drug-likeness (QED) is 0.317. The highest BCUT2D eigenvalue weighted by atomic mass is 32.2. The number of anilines is 3.